The standard InChI is InChI=1S/C11H20N4O/c1-3-15(7-8-16-4-2)11-13-6-5-10(9-12)14-11/h5-6H,3-4,7-9,12H2,1-2H3. The van der Waals surface area contributed by atoms with Gasteiger partial charge in [-0.05, 0) is 19.9 Å². The highest BCUT2D eigenvalue weighted by atomic mass is 16.5. The molecule has 0 fully saturated rings. The largest absolute Gasteiger partial charge is 0.380 e. The SMILES string of the molecule is CCOCCN(CC)c1nccc(CN)n1. The van der Waals surface area contributed by atoms with E-state index in [1.165, 1.54) is 0 Å². The fourth-order valence-electron chi connectivity index (χ4n) is 1.37. The molecule has 0 spiro atoms. The van der Waals surface area contributed by atoms with E-state index in [-0.39, 0.29) is 0 Å². The molecule has 0 aliphatic rings. The molecule has 0 unspecified atom stereocenters. The lowest BCUT2D eigenvalue weighted by molar-refractivity contribution is 0.153. The van der Waals surface area contributed by atoms with E-state index in [2.05, 4.69) is 21.8 Å². The third kappa shape index (κ3) is 3.75. The number of nitrogens with two attached hydrogens (primary N) is 1. The minimum Gasteiger partial charge on any atom is -0.380 e. The fraction of sp³-hybridized carbons (Fsp3) is 0.636. The Hall–Kier alpha value is -1.20. The van der Waals surface area contributed by atoms with Crippen molar-refractivity contribution in [3.63, 3.8) is 0 Å². The second kappa shape index (κ2) is 7.14. The van der Waals surface area contributed by atoms with E-state index in [0.717, 1.165) is 31.3 Å². The number of anilines is 1. The number of nitrogens with zero attached hydrogens (tertiary/aromatic N) is 3. The van der Waals surface area contributed by atoms with Gasteiger partial charge in [-0.2, -0.15) is 0 Å². The van der Waals surface area contributed by atoms with Crippen molar-refractivity contribution in [1.82, 2.24) is 9.97 Å². The van der Waals surface area contributed by atoms with Gasteiger partial charge in [0.25, 0.3) is 0 Å². The molecule has 1 rings (SSSR count). The maximum atomic E-state index is 5.55. The third-order valence-corrected chi connectivity index (χ3v) is 2.28. The predicted molar refractivity (Wildman–Crippen MR) is 64.3 cm³/mol. The summed E-state index contributed by atoms with van der Waals surface area (Å²) >= 11 is 0. The molecule has 0 aliphatic carbocycles. The summed E-state index contributed by atoms with van der Waals surface area (Å²) in [6, 6.07) is 1.83. The number of ether oxygens (including phenoxy) is 1. The van der Waals surface area contributed by atoms with E-state index < -0.39 is 0 Å². The summed E-state index contributed by atoms with van der Waals surface area (Å²) in [6.07, 6.45) is 1.74. The van der Waals surface area contributed by atoms with Gasteiger partial charge < -0.3 is 15.4 Å². The molecular weight excluding hydrogens is 204 g/mol. The Morgan fingerprint density at radius 2 is 2.25 bits per heavy atom. The maximum absolute atomic E-state index is 5.55. The first kappa shape index (κ1) is 12.9. The molecule has 1 aromatic heterocycles. The Morgan fingerprint density at radius 3 is 2.88 bits per heavy atom. The van der Waals surface area contributed by atoms with Crippen LogP contribution in [0.3, 0.4) is 0 Å². The van der Waals surface area contributed by atoms with Gasteiger partial charge in [0.05, 0.1) is 12.3 Å². The molecule has 2 N–H and O–H groups in total. The first-order valence-corrected chi connectivity index (χ1v) is 5.66. The Morgan fingerprint density at radius 1 is 1.44 bits per heavy atom. The molecule has 0 saturated carbocycles. The zero-order chi connectivity index (χ0) is 11.8. The topological polar surface area (TPSA) is 64.3 Å². The summed E-state index contributed by atoms with van der Waals surface area (Å²) in [6.45, 7) is 7.60. The summed E-state index contributed by atoms with van der Waals surface area (Å²) < 4.78 is 5.32. The van der Waals surface area contributed by atoms with Gasteiger partial charge in [0.1, 0.15) is 0 Å². The molecule has 16 heavy (non-hydrogen) atoms. The maximum Gasteiger partial charge on any atom is 0.225 e. The normalized spacial score (nSPS) is 10.4. The zero-order valence-electron chi connectivity index (χ0n) is 10.0. The average Bonchev–Trinajstić information content (AvgIpc) is 2.35. The summed E-state index contributed by atoms with van der Waals surface area (Å²) in [5.41, 5.74) is 6.41. The van der Waals surface area contributed by atoms with E-state index in [1.807, 2.05) is 13.0 Å². The van der Waals surface area contributed by atoms with Crippen LogP contribution in [-0.2, 0) is 11.3 Å². The van der Waals surface area contributed by atoms with E-state index in [0.29, 0.717) is 13.2 Å². The quantitative estimate of drug-likeness (QED) is 0.694. The van der Waals surface area contributed by atoms with Crippen LogP contribution in [0.4, 0.5) is 5.95 Å². The van der Waals surface area contributed by atoms with Gasteiger partial charge in [-0.1, -0.05) is 0 Å². The van der Waals surface area contributed by atoms with E-state index in [9.17, 15) is 0 Å². The molecular formula is C11H20N4O. The molecule has 0 aromatic carbocycles. The van der Waals surface area contributed by atoms with Crippen molar-refractivity contribution >= 4 is 5.95 Å². The molecule has 1 aromatic rings. The molecule has 0 atom stereocenters. The van der Waals surface area contributed by atoms with Gasteiger partial charge in [-0.25, -0.2) is 9.97 Å². The lowest BCUT2D eigenvalue weighted by atomic mass is 10.4. The number of hydrogen-bond acceptors (Lipinski definition) is 5. The Labute approximate surface area is 96.6 Å². The predicted octanol–water partition coefficient (Wildman–Crippen LogP) is 0.798. The minimum atomic E-state index is 0.443. The molecule has 0 aliphatic heterocycles. The van der Waals surface area contributed by atoms with Crippen molar-refractivity contribution < 1.29 is 4.74 Å². The van der Waals surface area contributed by atoms with Gasteiger partial charge in [0, 0.05) is 32.4 Å². The monoisotopic (exact) mass is 224 g/mol. The van der Waals surface area contributed by atoms with E-state index >= 15 is 0 Å². The lowest BCUT2D eigenvalue weighted by Gasteiger charge is -2.20. The molecule has 0 bridgehead atoms. The molecule has 5 nitrogen and oxygen atoms in total. The molecule has 5 heteroatoms. The van der Waals surface area contributed by atoms with Crippen LogP contribution >= 0.6 is 0 Å². The first-order valence-electron chi connectivity index (χ1n) is 5.66. The molecule has 0 saturated heterocycles. The average molecular weight is 224 g/mol. The van der Waals surface area contributed by atoms with Crippen molar-refractivity contribution in [3.05, 3.63) is 18.0 Å². The van der Waals surface area contributed by atoms with Gasteiger partial charge in [0.2, 0.25) is 5.95 Å². The van der Waals surface area contributed by atoms with Gasteiger partial charge in [-0.3, -0.25) is 0 Å². The minimum absolute atomic E-state index is 0.443. The van der Waals surface area contributed by atoms with Crippen LogP contribution in [-0.4, -0.2) is 36.3 Å². The fourth-order valence-corrected chi connectivity index (χ4v) is 1.37. The second-order valence-corrected chi connectivity index (χ2v) is 3.33. The van der Waals surface area contributed by atoms with Crippen molar-refractivity contribution in [2.24, 2.45) is 5.73 Å². The van der Waals surface area contributed by atoms with Crippen LogP contribution in [0.5, 0.6) is 0 Å². The highest BCUT2D eigenvalue weighted by molar-refractivity contribution is 5.29. The molecule has 90 valence electrons. The van der Waals surface area contributed by atoms with Crippen molar-refractivity contribution in [2.75, 3.05) is 31.2 Å². The number of hydrogen-bond donors (Lipinski definition) is 1. The highest BCUT2D eigenvalue weighted by Gasteiger charge is 2.07. The summed E-state index contributed by atoms with van der Waals surface area (Å²) in [5.74, 6) is 0.727. The lowest BCUT2D eigenvalue weighted by Crippen LogP contribution is -2.29. The zero-order valence-corrected chi connectivity index (χ0v) is 10.0. The molecule has 0 radical (unpaired) electrons. The van der Waals surface area contributed by atoms with Gasteiger partial charge >= 0.3 is 0 Å². The summed E-state index contributed by atoms with van der Waals surface area (Å²) in [7, 11) is 0. The van der Waals surface area contributed by atoms with Crippen LogP contribution < -0.4 is 10.6 Å². The number of aromatic nitrogens is 2. The van der Waals surface area contributed by atoms with E-state index in [1.54, 1.807) is 6.20 Å². The Balaban J connectivity index is 2.62. The molecule has 0 amide bonds. The van der Waals surface area contributed by atoms with Gasteiger partial charge in [0.15, 0.2) is 0 Å². The van der Waals surface area contributed by atoms with Crippen LogP contribution in [0.15, 0.2) is 12.3 Å². The van der Waals surface area contributed by atoms with Crippen molar-refractivity contribution in [2.45, 2.75) is 20.4 Å². The third-order valence-electron chi connectivity index (χ3n) is 2.28. The number of likely N-dealkylation sites (N-methyl/N-ethyl adjacent to an activating group) is 1. The van der Waals surface area contributed by atoms with Gasteiger partial charge in [-0.15, -0.1) is 0 Å². The number of rotatable bonds is 7. The van der Waals surface area contributed by atoms with E-state index in [4.69, 9.17) is 10.5 Å². The Kier molecular flexibility index (Phi) is 5.74. The Bertz CT molecular complexity index is 306. The van der Waals surface area contributed by atoms with Crippen LogP contribution in [0.1, 0.15) is 19.5 Å². The second-order valence-electron chi connectivity index (χ2n) is 3.33. The van der Waals surface area contributed by atoms with Crippen LogP contribution in [0, 0.1) is 0 Å². The smallest absolute Gasteiger partial charge is 0.225 e. The molecule has 1 heterocycles. The van der Waals surface area contributed by atoms with Crippen LogP contribution in [0.2, 0.25) is 0 Å². The summed E-state index contributed by atoms with van der Waals surface area (Å²) in [5, 5.41) is 0. The summed E-state index contributed by atoms with van der Waals surface area (Å²) in [4.78, 5) is 10.7. The van der Waals surface area contributed by atoms with Crippen LogP contribution in [0.25, 0.3) is 0 Å². The van der Waals surface area contributed by atoms with Crippen molar-refractivity contribution in [3.8, 4) is 0 Å². The highest BCUT2D eigenvalue weighted by Crippen LogP contribution is 2.06. The first-order chi connectivity index (χ1) is 7.81. The van der Waals surface area contributed by atoms with Crippen molar-refractivity contribution in [1.29, 1.82) is 0 Å².